The number of rotatable bonds is 5. The first-order chi connectivity index (χ1) is 9.10. The molecule has 1 aromatic rings. The van der Waals surface area contributed by atoms with Gasteiger partial charge in [-0.05, 0) is 51.5 Å². The molecule has 1 aliphatic rings. The Morgan fingerprint density at radius 3 is 2.95 bits per heavy atom. The maximum atomic E-state index is 6.06. The van der Waals surface area contributed by atoms with Crippen LogP contribution in [0.4, 0.5) is 5.69 Å². The summed E-state index contributed by atoms with van der Waals surface area (Å²) in [7, 11) is 2.20. The van der Waals surface area contributed by atoms with Crippen LogP contribution in [0.15, 0.2) is 18.2 Å². The average molecular weight is 261 g/mol. The molecule has 0 aromatic heterocycles. The quantitative estimate of drug-likeness (QED) is 0.827. The number of benzene rings is 1. The minimum absolute atomic E-state index is 0.723. The van der Waals surface area contributed by atoms with Crippen LogP contribution in [-0.4, -0.2) is 42.5 Å². The van der Waals surface area contributed by atoms with E-state index in [2.05, 4.69) is 42.8 Å². The zero-order chi connectivity index (χ0) is 13.8. The highest BCUT2D eigenvalue weighted by Crippen LogP contribution is 2.20. The van der Waals surface area contributed by atoms with Gasteiger partial charge in [-0.1, -0.05) is 24.6 Å². The molecule has 3 heteroatoms. The topological polar surface area (TPSA) is 32.5 Å². The zero-order valence-electron chi connectivity index (χ0n) is 12.5. The molecular formula is C16H27N3. The van der Waals surface area contributed by atoms with E-state index in [4.69, 9.17) is 5.73 Å². The summed E-state index contributed by atoms with van der Waals surface area (Å²) >= 11 is 0. The number of nitrogens with zero attached hydrogens (tertiary/aromatic N) is 2. The fourth-order valence-electron chi connectivity index (χ4n) is 3.10. The molecular weight excluding hydrogens is 234 g/mol. The Kier molecular flexibility index (Phi) is 4.83. The lowest BCUT2D eigenvalue weighted by Crippen LogP contribution is -2.38. The number of aryl methyl sites for hydroxylation is 1. The van der Waals surface area contributed by atoms with Crippen molar-refractivity contribution in [2.75, 3.05) is 32.4 Å². The van der Waals surface area contributed by atoms with E-state index >= 15 is 0 Å². The zero-order valence-corrected chi connectivity index (χ0v) is 12.5. The summed E-state index contributed by atoms with van der Waals surface area (Å²) in [5.41, 5.74) is 9.51. The Morgan fingerprint density at radius 1 is 1.42 bits per heavy atom. The van der Waals surface area contributed by atoms with Crippen molar-refractivity contribution in [3.8, 4) is 0 Å². The van der Waals surface area contributed by atoms with Gasteiger partial charge in [0.05, 0.1) is 0 Å². The first-order valence-corrected chi connectivity index (χ1v) is 7.37. The van der Waals surface area contributed by atoms with Crippen molar-refractivity contribution in [3.05, 3.63) is 29.3 Å². The summed E-state index contributed by atoms with van der Waals surface area (Å²) in [5.74, 6) is 0. The first kappa shape index (κ1) is 14.4. The van der Waals surface area contributed by atoms with Gasteiger partial charge in [0.15, 0.2) is 0 Å². The fourth-order valence-corrected chi connectivity index (χ4v) is 3.10. The molecule has 19 heavy (non-hydrogen) atoms. The van der Waals surface area contributed by atoms with Crippen LogP contribution in [0.1, 0.15) is 30.9 Å². The van der Waals surface area contributed by atoms with Crippen molar-refractivity contribution in [2.45, 2.75) is 39.3 Å². The Labute approximate surface area is 117 Å². The standard InChI is InChI=1S/C16H27N3/c1-4-19-9-5-6-15(19)12-18(3)11-14-10-13(2)7-8-16(14)17/h7-8,10,15H,4-6,9,11-12,17H2,1-3H3. The van der Waals surface area contributed by atoms with Gasteiger partial charge >= 0.3 is 0 Å². The lowest BCUT2D eigenvalue weighted by Gasteiger charge is -2.28. The van der Waals surface area contributed by atoms with Gasteiger partial charge in [-0.3, -0.25) is 4.90 Å². The van der Waals surface area contributed by atoms with E-state index in [1.807, 2.05) is 6.07 Å². The van der Waals surface area contributed by atoms with E-state index in [0.717, 1.165) is 24.8 Å². The highest BCUT2D eigenvalue weighted by atomic mass is 15.2. The molecule has 2 rings (SSSR count). The summed E-state index contributed by atoms with van der Waals surface area (Å²) in [4.78, 5) is 5.00. The summed E-state index contributed by atoms with van der Waals surface area (Å²) in [6.45, 7) is 8.91. The second kappa shape index (κ2) is 6.40. The van der Waals surface area contributed by atoms with Crippen molar-refractivity contribution in [1.29, 1.82) is 0 Å². The average Bonchev–Trinajstić information content (AvgIpc) is 2.81. The maximum Gasteiger partial charge on any atom is 0.0359 e. The summed E-state index contributed by atoms with van der Waals surface area (Å²) < 4.78 is 0. The molecule has 1 saturated heterocycles. The molecule has 3 nitrogen and oxygen atoms in total. The fraction of sp³-hybridized carbons (Fsp3) is 0.625. The predicted octanol–water partition coefficient (Wildman–Crippen LogP) is 2.49. The van der Waals surface area contributed by atoms with E-state index in [0.29, 0.717) is 0 Å². The normalized spacial score (nSPS) is 20.3. The third kappa shape index (κ3) is 3.71. The van der Waals surface area contributed by atoms with Gasteiger partial charge in [0.2, 0.25) is 0 Å². The molecule has 1 heterocycles. The number of anilines is 1. The largest absolute Gasteiger partial charge is 0.398 e. The lowest BCUT2D eigenvalue weighted by atomic mass is 10.1. The third-order valence-corrected chi connectivity index (χ3v) is 4.17. The van der Waals surface area contributed by atoms with Crippen LogP contribution in [-0.2, 0) is 6.54 Å². The minimum atomic E-state index is 0.723. The van der Waals surface area contributed by atoms with E-state index in [1.54, 1.807) is 0 Å². The number of hydrogen-bond acceptors (Lipinski definition) is 3. The molecule has 1 atom stereocenters. The van der Waals surface area contributed by atoms with Crippen LogP contribution in [0.3, 0.4) is 0 Å². The molecule has 0 bridgehead atoms. The van der Waals surface area contributed by atoms with E-state index in [-0.39, 0.29) is 0 Å². The molecule has 1 aromatic carbocycles. The van der Waals surface area contributed by atoms with Gasteiger partial charge in [0.1, 0.15) is 0 Å². The summed E-state index contributed by atoms with van der Waals surface area (Å²) in [6.07, 6.45) is 2.68. The number of hydrogen-bond donors (Lipinski definition) is 1. The summed E-state index contributed by atoms with van der Waals surface area (Å²) in [6, 6.07) is 7.03. The van der Waals surface area contributed by atoms with Crippen LogP contribution in [0.5, 0.6) is 0 Å². The number of nitrogens with two attached hydrogens (primary N) is 1. The van der Waals surface area contributed by atoms with Crippen molar-refractivity contribution >= 4 is 5.69 Å². The first-order valence-electron chi connectivity index (χ1n) is 7.37. The number of nitrogen functional groups attached to an aromatic ring is 1. The molecule has 0 radical (unpaired) electrons. The molecule has 1 unspecified atom stereocenters. The third-order valence-electron chi connectivity index (χ3n) is 4.17. The molecule has 106 valence electrons. The van der Waals surface area contributed by atoms with E-state index < -0.39 is 0 Å². The second-order valence-corrected chi connectivity index (χ2v) is 5.82. The highest BCUT2D eigenvalue weighted by Gasteiger charge is 2.24. The van der Waals surface area contributed by atoms with Crippen molar-refractivity contribution < 1.29 is 0 Å². The van der Waals surface area contributed by atoms with Gasteiger partial charge in [-0.15, -0.1) is 0 Å². The molecule has 1 aliphatic heterocycles. The van der Waals surface area contributed by atoms with Crippen LogP contribution in [0.25, 0.3) is 0 Å². The molecule has 0 saturated carbocycles. The van der Waals surface area contributed by atoms with Crippen LogP contribution in [0, 0.1) is 6.92 Å². The van der Waals surface area contributed by atoms with Crippen molar-refractivity contribution in [1.82, 2.24) is 9.80 Å². The van der Waals surface area contributed by atoms with Crippen molar-refractivity contribution in [3.63, 3.8) is 0 Å². The Morgan fingerprint density at radius 2 is 2.21 bits per heavy atom. The second-order valence-electron chi connectivity index (χ2n) is 5.82. The van der Waals surface area contributed by atoms with Crippen LogP contribution < -0.4 is 5.73 Å². The molecule has 0 amide bonds. The number of likely N-dealkylation sites (tertiary alicyclic amines) is 1. The van der Waals surface area contributed by atoms with Gasteiger partial charge in [-0.25, -0.2) is 0 Å². The van der Waals surface area contributed by atoms with E-state index in [1.165, 1.54) is 37.1 Å². The molecule has 2 N–H and O–H groups in total. The Hall–Kier alpha value is -1.06. The van der Waals surface area contributed by atoms with E-state index in [9.17, 15) is 0 Å². The Bertz CT molecular complexity index is 416. The van der Waals surface area contributed by atoms with Crippen molar-refractivity contribution in [2.24, 2.45) is 0 Å². The molecule has 0 aliphatic carbocycles. The van der Waals surface area contributed by atoms with Gasteiger partial charge in [-0.2, -0.15) is 0 Å². The molecule has 0 spiro atoms. The van der Waals surface area contributed by atoms with Crippen LogP contribution >= 0.6 is 0 Å². The van der Waals surface area contributed by atoms with Crippen LogP contribution in [0.2, 0.25) is 0 Å². The predicted molar refractivity (Wildman–Crippen MR) is 82.2 cm³/mol. The SMILES string of the molecule is CCN1CCCC1CN(C)Cc1cc(C)ccc1N. The number of likely N-dealkylation sites (N-methyl/N-ethyl adjacent to an activating group) is 2. The van der Waals surface area contributed by atoms with Gasteiger partial charge in [0.25, 0.3) is 0 Å². The van der Waals surface area contributed by atoms with Gasteiger partial charge < -0.3 is 10.6 Å². The monoisotopic (exact) mass is 261 g/mol. The van der Waals surface area contributed by atoms with Gasteiger partial charge in [0, 0.05) is 24.8 Å². The molecule has 1 fully saturated rings. The smallest absolute Gasteiger partial charge is 0.0359 e. The Balaban J connectivity index is 1.93. The maximum absolute atomic E-state index is 6.06. The highest BCUT2D eigenvalue weighted by molar-refractivity contribution is 5.48. The summed E-state index contributed by atoms with van der Waals surface area (Å²) in [5, 5.41) is 0. The lowest BCUT2D eigenvalue weighted by molar-refractivity contribution is 0.195. The minimum Gasteiger partial charge on any atom is -0.398 e.